The molecule has 0 aromatic heterocycles. The second-order valence-corrected chi connectivity index (χ2v) is 7.23. The molecule has 144 valence electrons. The van der Waals surface area contributed by atoms with Crippen molar-refractivity contribution in [2.75, 3.05) is 10.6 Å². The van der Waals surface area contributed by atoms with Crippen LogP contribution in [0.3, 0.4) is 0 Å². The minimum absolute atomic E-state index is 0.0843. The molecular weight excluding hydrogens is 346 g/mol. The summed E-state index contributed by atoms with van der Waals surface area (Å²) in [4.78, 5) is 14.5. The van der Waals surface area contributed by atoms with Crippen LogP contribution in [0, 0.1) is 0 Å². The van der Waals surface area contributed by atoms with Gasteiger partial charge in [0.25, 0.3) is 5.91 Å². The fourth-order valence-electron chi connectivity index (χ4n) is 3.16. The lowest BCUT2D eigenvalue weighted by Gasteiger charge is -2.27. The van der Waals surface area contributed by atoms with E-state index in [1.54, 1.807) is 6.07 Å². The number of benzene rings is 3. The normalized spacial score (nSPS) is 10.7. The number of carbonyl (C=O) groups excluding carboxylic acids is 1. The number of hydrogen-bond acceptors (Lipinski definition) is 3. The summed E-state index contributed by atoms with van der Waals surface area (Å²) in [7, 11) is 0. The number of nitrogens with two attached hydrogens (primary N) is 1. The second-order valence-electron chi connectivity index (χ2n) is 7.23. The van der Waals surface area contributed by atoms with Crippen LogP contribution >= 0.6 is 0 Å². The zero-order valence-corrected chi connectivity index (χ0v) is 16.4. The van der Waals surface area contributed by atoms with Crippen LogP contribution < -0.4 is 16.0 Å². The van der Waals surface area contributed by atoms with E-state index in [4.69, 9.17) is 5.73 Å². The van der Waals surface area contributed by atoms with Gasteiger partial charge in [-0.3, -0.25) is 4.79 Å². The number of nitrogens with zero attached hydrogens (tertiary/aromatic N) is 1. The zero-order chi connectivity index (χ0) is 19.9. The van der Waals surface area contributed by atoms with E-state index in [0.29, 0.717) is 11.3 Å². The minimum atomic E-state index is -0.106. The Hall–Kier alpha value is -3.27. The molecule has 4 nitrogen and oxygen atoms in total. The van der Waals surface area contributed by atoms with Gasteiger partial charge in [-0.2, -0.15) is 0 Å². The van der Waals surface area contributed by atoms with Crippen LogP contribution in [0.2, 0.25) is 0 Å². The summed E-state index contributed by atoms with van der Waals surface area (Å²) in [5.41, 5.74) is 10.9. The summed E-state index contributed by atoms with van der Waals surface area (Å²) in [6, 6.07) is 26.3. The molecule has 0 aliphatic heterocycles. The molecule has 0 fully saturated rings. The minimum Gasteiger partial charge on any atom is -0.397 e. The summed E-state index contributed by atoms with van der Waals surface area (Å²) in [6.45, 7) is 5.35. The van der Waals surface area contributed by atoms with E-state index in [0.717, 1.165) is 18.8 Å². The number of carbonyl (C=O) groups is 1. The van der Waals surface area contributed by atoms with Crippen LogP contribution in [0.5, 0.6) is 0 Å². The van der Waals surface area contributed by atoms with E-state index >= 15 is 0 Å². The number of hydrogen-bond donors (Lipinski definition) is 2. The first-order valence-corrected chi connectivity index (χ1v) is 9.56. The van der Waals surface area contributed by atoms with Gasteiger partial charge in [-0.15, -0.1) is 0 Å². The van der Waals surface area contributed by atoms with E-state index in [9.17, 15) is 4.79 Å². The van der Waals surface area contributed by atoms with E-state index in [1.165, 1.54) is 11.1 Å². The van der Waals surface area contributed by atoms with Gasteiger partial charge in [0.05, 0.1) is 11.4 Å². The molecule has 1 amide bonds. The molecule has 0 aliphatic rings. The Balaban J connectivity index is 1.89. The van der Waals surface area contributed by atoms with Crippen LogP contribution in [0.4, 0.5) is 11.4 Å². The van der Waals surface area contributed by atoms with Crippen LogP contribution in [0.15, 0.2) is 78.9 Å². The van der Waals surface area contributed by atoms with Gasteiger partial charge < -0.3 is 16.0 Å². The van der Waals surface area contributed by atoms with Crippen LogP contribution in [-0.2, 0) is 13.1 Å². The molecule has 0 saturated carbocycles. The van der Waals surface area contributed by atoms with Gasteiger partial charge in [-0.25, -0.2) is 0 Å². The van der Waals surface area contributed by atoms with Gasteiger partial charge in [0.15, 0.2) is 0 Å². The first kappa shape index (κ1) is 19.5. The highest BCUT2D eigenvalue weighted by Crippen LogP contribution is 2.28. The van der Waals surface area contributed by atoms with Crippen LogP contribution in [0.1, 0.15) is 35.3 Å². The fraction of sp³-hybridized carbons (Fsp3) is 0.208. The largest absolute Gasteiger partial charge is 0.397 e. The molecule has 3 N–H and O–H groups in total. The van der Waals surface area contributed by atoms with Gasteiger partial charge in [0, 0.05) is 24.7 Å². The number of amides is 1. The van der Waals surface area contributed by atoms with Crippen LogP contribution in [-0.4, -0.2) is 11.9 Å². The average Bonchev–Trinajstić information content (AvgIpc) is 2.68. The Labute approximate surface area is 167 Å². The molecule has 0 saturated heterocycles. The van der Waals surface area contributed by atoms with Crippen molar-refractivity contribution >= 4 is 17.3 Å². The third kappa shape index (κ3) is 5.13. The highest BCUT2D eigenvalue weighted by molar-refractivity contribution is 5.96. The molecule has 0 heterocycles. The molecule has 0 spiro atoms. The van der Waals surface area contributed by atoms with Gasteiger partial charge in [-0.05, 0) is 43.2 Å². The summed E-state index contributed by atoms with van der Waals surface area (Å²) in [6.07, 6.45) is 0. The van der Waals surface area contributed by atoms with Gasteiger partial charge in [0.1, 0.15) is 0 Å². The fourth-order valence-corrected chi connectivity index (χ4v) is 3.16. The molecule has 3 aromatic carbocycles. The smallest absolute Gasteiger partial charge is 0.251 e. The lowest BCUT2D eigenvalue weighted by Crippen LogP contribution is -2.30. The zero-order valence-electron chi connectivity index (χ0n) is 16.4. The topological polar surface area (TPSA) is 58.4 Å². The summed E-state index contributed by atoms with van der Waals surface area (Å²) >= 11 is 0. The van der Waals surface area contributed by atoms with Crippen molar-refractivity contribution in [2.45, 2.75) is 33.0 Å². The molecule has 0 aliphatic carbocycles. The Morgan fingerprint density at radius 2 is 1.43 bits per heavy atom. The quantitative estimate of drug-likeness (QED) is 0.595. The molecule has 3 aromatic rings. The van der Waals surface area contributed by atoms with Crippen LogP contribution in [0.25, 0.3) is 0 Å². The predicted octanol–water partition coefficient (Wildman–Crippen LogP) is 4.61. The first-order chi connectivity index (χ1) is 13.5. The van der Waals surface area contributed by atoms with Crippen molar-refractivity contribution in [3.8, 4) is 0 Å². The molecule has 0 radical (unpaired) electrons. The number of nitrogen functional groups attached to an aromatic ring is 1. The standard InChI is InChI=1S/C24H27N3O/c1-18(2)26-24(28)21-13-14-23(22(25)15-21)27(16-19-9-5-3-6-10-19)17-20-11-7-4-8-12-20/h3-15,18H,16-17,25H2,1-2H3,(H,26,28). The molecule has 4 heteroatoms. The lowest BCUT2D eigenvalue weighted by atomic mass is 10.1. The Morgan fingerprint density at radius 1 is 0.893 bits per heavy atom. The Bertz CT molecular complexity index is 866. The summed E-state index contributed by atoms with van der Waals surface area (Å²) in [5, 5.41) is 2.91. The van der Waals surface area contributed by atoms with Crippen molar-refractivity contribution in [2.24, 2.45) is 0 Å². The van der Waals surface area contributed by atoms with Crippen molar-refractivity contribution in [1.82, 2.24) is 5.32 Å². The van der Waals surface area contributed by atoms with Crippen molar-refractivity contribution in [1.29, 1.82) is 0 Å². The van der Waals surface area contributed by atoms with E-state index in [-0.39, 0.29) is 11.9 Å². The third-order valence-corrected chi connectivity index (χ3v) is 4.48. The second kappa shape index (κ2) is 9.09. The Kier molecular flexibility index (Phi) is 6.33. The lowest BCUT2D eigenvalue weighted by molar-refractivity contribution is 0.0943. The molecule has 0 bridgehead atoms. The van der Waals surface area contributed by atoms with E-state index in [2.05, 4.69) is 34.5 Å². The molecule has 28 heavy (non-hydrogen) atoms. The van der Waals surface area contributed by atoms with Crippen molar-refractivity contribution in [3.05, 3.63) is 95.6 Å². The summed E-state index contributed by atoms with van der Waals surface area (Å²) < 4.78 is 0. The Morgan fingerprint density at radius 3 is 1.89 bits per heavy atom. The summed E-state index contributed by atoms with van der Waals surface area (Å²) in [5.74, 6) is -0.106. The first-order valence-electron chi connectivity index (χ1n) is 9.56. The number of rotatable bonds is 7. The number of nitrogens with one attached hydrogen (secondary N) is 1. The monoisotopic (exact) mass is 373 g/mol. The van der Waals surface area contributed by atoms with Gasteiger partial charge in [-0.1, -0.05) is 60.7 Å². The predicted molar refractivity (Wildman–Crippen MR) is 116 cm³/mol. The van der Waals surface area contributed by atoms with E-state index in [1.807, 2.05) is 62.4 Å². The van der Waals surface area contributed by atoms with Gasteiger partial charge in [0.2, 0.25) is 0 Å². The van der Waals surface area contributed by atoms with Crippen molar-refractivity contribution < 1.29 is 4.79 Å². The maximum atomic E-state index is 12.3. The maximum Gasteiger partial charge on any atom is 0.251 e. The average molecular weight is 374 g/mol. The highest BCUT2D eigenvalue weighted by atomic mass is 16.1. The highest BCUT2D eigenvalue weighted by Gasteiger charge is 2.14. The maximum absolute atomic E-state index is 12.3. The molecular formula is C24H27N3O. The molecule has 0 unspecified atom stereocenters. The SMILES string of the molecule is CC(C)NC(=O)c1ccc(N(Cc2ccccc2)Cc2ccccc2)c(N)c1. The van der Waals surface area contributed by atoms with E-state index < -0.39 is 0 Å². The van der Waals surface area contributed by atoms with Gasteiger partial charge >= 0.3 is 0 Å². The number of anilines is 2. The molecule has 3 rings (SSSR count). The third-order valence-electron chi connectivity index (χ3n) is 4.48. The van der Waals surface area contributed by atoms with Crippen molar-refractivity contribution in [3.63, 3.8) is 0 Å². The molecule has 0 atom stereocenters.